The zero-order valence-electron chi connectivity index (χ0n) is 4.27. The fourth-order valence-corrected chi connectivity index (χ4v) is 0.697. The second-order valence-electron chi connectivity index (χ2n) is 1.34. The second kappa shape index (κ2) is 1.98. The summed E-state index contributed by atoms with van der Waals surface area (Å²) >= 11 is 0. The van der Waals surface area contributed by atoms with E-state index < -0.39 is 10.3 Å². The molecule has 0 spiro atoms. The van der Waals surface area contributed by atoms with Crippen molar-refractivity contribution in [1.29, 1.82) is 0 Å². The van der Waals surface area contributed by atoms with Crippen LogP contribution in [0.25, 0.3) is 0 Å². The van der Waals surface area contributed by atoms with Crippen LogP contribution in [0.2, 0.25) is 0 Å². The lowest BCUT2D eigenvalue weighted by molar-refractivity contribution is 0.627. The molecular weight excluding hydrogens is 142 g/mol. The maximum Gasteiger partial charge on any atom is 0.242 e. The van der Waals surface area contributed by atoms with Crippen molar-refractivity contribution < 1.29 is 8.42 Å². The monoisotopic (exact) mass is 145 g/mol. The van der Waals surface area contributed by atoms with E-state index in [0.717, 1.165) is 0 Å². The Kier molecular flexibility index (Phi) is 1.31. The van der Waals surface area contributed by atoms with E-state index in [1.165, 1.54) is 6.08 Å². The van der Waals surface area contributed by atoms with Crippen LogP contribution in [0.15, 0.2) is 22.1 Å². The van der Waals surface area contributed by atoms with Crippen LogP contribution in [-0.2, 0) is 10.3 Å². The molecule has 0 aromatic rings. The quantitative estimate of drug-likeness (QED) is 0.455. The molecule has 0 aliphatic carbocycles. The zero-order chi connectivity index (χ0) is 6.85. The summed E-state index contributed by atoms with van der Waals surface area (Å²) in [7, 11) is -2.31. The van der Waals surface area contributed by atoms with Crippen LogP contribution in [0, 0.1) is 0 Å². The fourth-order valence-electron chi connectivity index (χ4n) is 0.373. The van der Waals surface area contributed by atoms with Gasteiger partial charge in [-0.05, 0) is 0 Å². The third kappa shape index (κ3) is 1.14. The molecule has 9 heavy (non-hydrogen) atoms. The highest BCUT2D eigenvalue weighted by Gasteiger charge is 2.02. The molecule has 0 fully saturated rings. The van der Waals surface area contributed by atoms with Gasteiger partial charge in [-0.2, -0.15) is 8.42 Å². The molecule has 0 unspecified atom stereocenters. The number of hydrogen-bond acceptors (Lipinski definition) is 4. The molecule has 48 valence electrons. The van der Waals surface area contributed by atoms with Crippen LogP contribution in [0.5, 0.6) is 0 Å². The number of azo groups is 1. The van der Waals surface area contributed by atoms with Gasteiger partial charge in [0.05, 0.1) is 0 Å². The summed E-state index contributed by atoms with van der Waals surface area (Å²) in [5.41, 5.74) is 5.07. The predicted octanol–water partition coefficient (Wildman–Crippen LogP) is -0.739. The van der Waals surface area contributed by atoms with Crippen molar-refractivity contribution in [2.45, 2.75) is 0 Å². The Hall–Kier alpha value is -1.17. The van der Waals surface area contributed by atoms with Crippen LogP contribution < -0.4 is 5.73 Å². The molecule has 1 rings (SSSR count). The summed E-state index contributed by atoms with van der Waals surface area (Å²) in [5, 5.41) is 6.50. The first kappa shape index (κ1) is 5.96. The van der Waals surface area contributed by atoms with Gasteiger partial charge in [0.1, 0.15) is 5.82 Å². The van der Waals surface area contributed by atoms with E-state index in [1.807, 2.05) is 0 Å². The SMILES string of the molecule is NC1=CC(=S(=O)=O)N=N1. The van der Waals surface area contributed by atoms with E-state index in [4.69, 9.17) is 5.73 Å². The van der Waals surface area contributed by atoms with Crippen molar-refractivity contribution in [3.05, 3.63) is 11.9 Å². The van der Waals surface area contributed by atoms with Gasteiger partial charge in [-0.25, -0.2) is 0 Å². The van der Waals surface area contributed by atoms with E-state index in [9.17, 15) is 8.42 Å². The van der Waals surface area contributed by atoms with Crippen molar-refractivity contribution in [3.8, 4) is 0 Å². The van der Waals surface area contributed by atoms with Gasteiger partial charge in [-0.3, -0.25) is 0 Å². The summed E-state index contributed by atoms with van der Waals surface area (Å²) in [6.07, 6.45) is 1.18. The van der Waals surface area contributed by atoms with Crippen LogP contribution in [0.1, 0.15) is 0 Å². The molecule has 1 aliphatic rings. The van der Waals surface area contributed by atoms with Crippen molar-refractivity contribution in [2.24, 2.45) is 16.0 Å². The molecule has 0 amide bonds. The van der Waals surface area contributed by atoms with E-state index in [1.54, 1.807) is 0 Å². The van der Waals surface area contributed by atoms with E-state index in [-0.39, 0.29) is 10.8 Å². The molecule has 1 aliphatic heterocycles. The minimum absolute atomic E-state index is 0.118. The molecule has 0 aromatic carbocycles. The highest BCUT2D eigenvalue weighted by molar-refractivity contribution is 7.73. The molecule has 5 nitrogen and oxygen atoms in total. The van der Waals surface area contributed by atoms with Gasteiger partial charge in [0, 0.05) is 6.08 Å². The number of nitrogens with zero attached hydrogens (tertiary/aromatic N) is 2. The van der Waals surface area contributed by atoms with E-state index in [0.29, 0.717) is 0 Å². The highest BCUT2D eigenvalue weighted by atomic mass is 32.2. The zero-order valence-corrected chi connectivity index (χ0v) is 5.09. The van der Waals surface area contributed by atoms with Crippen LogP contribution in [0.3, 0.4) is 0 Å². The van der Waals surface area contributed by atoms with Crippen molar-refractivity contribution in [3.63, 3.8) is 0 Å². The lowest BCUT2D eigenvalue weighted by atomic mass is 10.6. The molecular formula is C3H3N3O2S. The Balaban J connectivity index is 3.25. The van der Waals surface area contributed by atoms with Crippen molar-refractivity contribution in [2.75, 3.05) is 0 Å². The maximum atomic E-state index is 10.1. The predicted molar refractivity (Wildman–Crippen MR) is 31.1 cm³/mol. The molecule has 0 saturated carbocycles. The lowest BCUT2D eigenvalue weighted by Crippen LogP contribution is -1.90. The summed E-state index contributed by atoms with van der Waals surface area (Å²) < 4.78 is 20.1. The minimum atomic E-state index is -2.31. The maximum absolute atomic E-state index is 10.1. The van der Waals surface area contributed by atoms with Crippen LogP contribution >= 0.6 is 0 Å². The molecule has 6 heteroatoms. The van der Waals surface area contributed by atoms with Gasteiger partial charge in [0.2, 0.25) is 15.3 Å². The van der Waals surface area contributed by atoms with Gasteiger partial charge in [0.25, 0.3) is 0 Å². The van der Waals surface area contributed by atoms with Gasteiger partial charge < -0.3 is 5.73 Å². The fraction of sp³-hybridized carbons (Fsp3) is 0. The molecule has 0 aromatic heterocycles. The Morgan fingerprint density at radius 1 is 1.44 bits per heavy atom. The smallest absolute Gasteiger partial charge is 0.242 e. The minimum Gasteiger partial charge on any atom is -0.382 e. The molecule has 0 saturated heterocycles. The van der Waals surface area contributed by atoms with Crippen LogP contribution in [0.4, 0.5) is 0 Å². The third-order valence-corrected chi connectivity index (χ3v) is 1.25. The largest absolute Gasteiger partial charge is 0.382 e. The summed E-state index contributed by atoms with van der Waals surface area (Å²) in [5.74, 6) is 0.120. The molecule has 1 heterocycles. The van der Waals surface area contributed by atoms with Gasteiger partial charge in [-0.1, -0.05) is 0 Å². The topological polar surface area (TPSA) is 84.9 Å². The Morgan fingerprint density at radius 3 is 2.33 bits per heavy atom. The Morgan fingerprint density at radius 2 is 2.11 bits per heavy atom. The standard InChI is InChI=1S/C3H3N3O2S/c4-2-1-3(6-5-2)9(7)8/h1H,4H2. The first-order chi connectivity index (χ1) is 4.20. The van der Waals surface area contributed by atoms with Gasteiger partial charge in [0.15, 0.2) is 0 Å². The van der Waals surface area contributed by atoms with Gasteiger partial charge >= 0.3 is 0 Å². The van der Waals surface area contributed by atoms with Crippen molar-refractivity contribution in [1.82, 2.24) is 0 Å². The molecule has 0 atom stereocenters. The lowest BCUT2D eigenvalue weighted by Gasteiger charge is -1.71. The summed E-state index contributed by atoms with van der Waals surface area (Å²) in [4.78, 5) is -0.118. The third-order valence-electron chi connectivity index (χ3n) is 0.706. The highest BCUT2D eigenvalue weighted by Crippen LogP contribution is 1.99. The molecule has 2 N–H and O–H groups in total. The molecule has 0 bridgehead atoms. The van der Waals surface area contributed by atoms with E-state index in [2.05, 4.69) is 10.2 Å². The first-order valence-corrected chi connectivity index (χ1v) is 3.13. The number of nitrogens with two attached hydrogens (primary N) is 1. The van der Waals surface area contributed by atoms with Crippen molar-refractivity contribution >= 4 is 15.3 Å². The first-order valence-electron chi connectivity index (χ1n) is 2.05. The second-order valence-corrected chi connectivity index (χ2v) is 2.23. The van der Waals surface area contributed by atoms with E-state index >= 15 is 0 Å². The molecule has 0 radical (unpaired) electrons. The van der Waals surface area contributed by atoms with Crippen LogP contribution in [-0.4, -0.2) is 13.4 Å². The summed E-state index contributed by atoms with van der Waals surface area (Å²) in [6.45, 7) is 0. The average Bonchev–Trinajstić information content (AvgIpc) is 2.14. The normalized spacial score (nSPS) is 16.0. The number of rotatable bonds is 0. The Labute approximate surface area is 52.4 Å². The van der Waals surface area contributed by atoms with Gasteiger partial charge in [-0.15, -0.1) is 10.2 Å². The average molecular weight is 145 g/mol. The summed E-state index contributed by atoms with van der Waals surface area (Å²) in [6, 6.07) is 0. The number of hydrogen-bond donors (Lipinski definition) is 1. The Bertz CT molecular complexity index is 302.